The minimum Gasteiger partial charge on any atom is -0.394 e. The van der Waals surface area contributed by atoms with E-state index >= 15 is 0 Å². The molecule has 2 aliphatic rings. The Morgan fingerprint density at radius 1 is 1.42 bits per heavy atom. The van der Waals surface area contributed by atoms with E-state index in [1.807, 2.05) is 24.3 Å². The van der Waals surface area contributed by atoms with E-state index in [-0.39, 0.29) is 12.1 Å². The van der Waals surface area contributed by atoms with Crippen LogP contribution >= 0.6 is 11.6 Å². The second-order valence-corrected chi connectivity index (χ2v) is 6.30. The van der Waals surface area contributed by atoms with Crippen LogP contribution in [0.2, 0.25) is 5.02 Å². The third-order valence-corrected chi connectivity index (χ3v) is 4.77. The van der Waals surface area contributed by atoms with Crippen LogP contribution in [0.5, 0.6) is 0 Å². The van der Waals surface area contributed by atoms with Crippen molar-refractivity contribution in [3.63, 3.8) is 0 Å². The Bertz CT molecular complexity index is 454. The zero-order chi connectivity index (χ0) is 13.3. The number of halogens is 1. The molecule has 2 N–H and O–H groups in total. The lowest BCUT2D eigenvalue weighted by atomic mass is 9.83. The number of nitrogens with one attached hydrogen (secondary N) is 1. The van der Waals surface area contributed by atoms with E-state index in [1.54, 1.807) is 0 Å². The zero-order valence-electron chi connectivity index (χ0n) is 11.1. The van der Waals surface area contributed by atoms with Gasteiger partial charge in [-0.25, -0.2) is 0 Å². The highest BCUT2D eigenvalue weighted by Crippen LogP contribution is 2.35. The minimum atomic E-state index is -0.184. The van der Waals surface area contributed by atoms with Crippen LogP contribution in [0.25, 0.3) is 0 Å². The van der Waals surface area contributed by atoms with Crippen LogP contribution in [0.4, 0.5) is 5.69 Å². The third kappa shape index (κ3) is 2.73. The van der Waals surface area contributed by atoms with Gasteiger partial charge in [-0.05, 0) is 50.4 Å². The molecule has 1 aromatic rings. The number of anilines is 1. The standard InChI is InChI=1S/C15H21ClN2O/c16-12-3-1-4-13(9-12)17-15(11-19)6-8-18-7-2-5-14(18)10-15/h1,3-4,9,14,17,19H,2,5-8,10-11H2. The lowest BCUT2D eigenvalue weighted by molar-refractivity contribution is 0.0964. The first kappa shape index (κ1) is 13.2. The van der Waals surface area contributed by atoms with Crippen LogP contribution < -0.4 is 5.32 Å². The second kappa shape index (κ2) is 5.31. The Balaban J connectivity index is 1.76. The molecule has 0 bridgehead atoms. The molecule has 2 fully saturated rings. The molecule has 2 aliphatic heterocycles. The molecule has 0 saturated carbocycles. The molecule has 4 heteroatoms. The zero-order valence-corrected chi connectivity index (χ0v) is 11.9. The lowest BCUT2D eigenvalue weighted by Gasteiger charge is -2.44. The average molecular weight is 281 g/mol. The van der Waals surface area contributed by atoms with Crippen molar-refractivity contribution in [2.75, 3.05) is 25.0 Å². The maximum absolute atomic E-state index is 9.88. The fourth-order valence-electron chi connectivity index (χ4n) is 3.50. The maximum atomic E-state index is 9.88. The molecule has 2 atom stereocenters. The van der Waals surface area contributed by atoms with Crippen LogP contribution in [0.1, 0.15) is 25.7 Å². The molecule has 104 valence electrons. The van der Waals surface area contributed by atoms with Gasteiger partial charge in [0.15, 0.2) is 0 Å². The summed E-state index contributed by atoms with van der Waals surface area (Å²) in [6.07, 6.45) is 4.57. The van der Waals surface area contributed by atoms with Crippen molar-refractivity contribution < 1.29 is 5.11 Å². The number of aliphatic hydroxyl groups excluding tert-OH is 1. The molecule has 0 radical (unpaired) electrons. The summed E-state index contributed by atoms with van der Waals surface area (Å²) in [7, 11) is 0. The van der Waals surface area contributed by atoms with E-state index in [2.05, 4.69) is 10.2 Å². The van der Waals surface area contributed by atoms with Gasteiger partial charge in [-0.2, -0.15) is 0 Å². The minimum absolute atomic E-state index is 0.184. The summed E-state index contributed by atoms with van der Waals surface area (Å²) in [6.45, 7) is 2.49. The normalized spacial score (nSPS) is 31.2. The third-order valence-electron chi connectivity index (χ3n) is 4.54. The maximum Gasteiger partial charge on any atom is 0.0662 e. The number of piperidine rings is 1. The molecular weight excluding hydrogens is 260 g/mol. The van der Waals surface area contributed by atoms with E-state index < -0.39 is 0 Å². The van der Waals surface area contributed by atoms with Crippen LogP contribution in [-0.2, 0) is 0 Å². The fourth-order valence-corrected chi connectivity index (χ4v) is 3.69. The summed E-state index contributed by atoms with van der Waals surface area (Å²) < 4.78 is 0. The molecule has 0 spiro atoms. The van der Waals surface area contributed by atoms with Crippen molar-refractivity contribution in [1.29, 1.82) is 0 Å². The summed E-state index contributed by atoms with van der Waals surface area (Å²) in [5.41, 5.74) is 0.823. The van der Waals surface area contributed by atoms with Crippen molar-refractivity contribution in [2.45, 2.75) is 37.3 Å². The van der Waals surface area contributed by atoms with Crippen LogP contribution in [0, 0.1) is 0 Å². The summed E-state index contributed by atoms with van der Waals surface area (Å²) in [4.78, 5) is 2.56. The summed E-state index contributed by atoms with van der Waals surface area (Å²) in [5, 5.41) is 14.1. The predicted octanol–water partition coefficient (Wildman–Crippen LogP) is 2.74. The van der Waals surface area contributed by atoms with E-state index in [1.165, 1.54) is 19.4 Å². The predicted molar refractivity (Wildman–Crippen MR) is 78.7 cm³/mol. The number of nitrogens with zero attached hydrogens (tertiary/aromatic N) is 1. The SMILES string of the molecule is OCC1(Nc2cccc(Cl)c2)CCN2CCCC2C1. The van der Waals surface area contributed by atoms with Crippen LogP contribution in [0.15, 0.2) is 24.3 Å². The Kier molecular flexibility index (Phi) is 3.70. The van der Waals surface area contributed by atoms with Gasteiger partial charge < -0.3 is 15.3 Å². The number of hydrogen-bond acceptors (Lipinski definition) is 3. The number of benzene rings is 1. The molecule has 3 nitrogen and oxygen atoms in total. The Hall–Kier alpha value is -0.770. The Morgan fingerprint density at radius 2 is 2.32 bits per heavy atom. The highest BCUT2D eigenvalue weighted by molar-refractivity contribution is 6.30. The topological polar surface area (TPSA) is 35.5 Å². The first-order valence-electron chi connectivity index (χ1n) is 7.09. The first-order chi connectivity index (χ1) is 9.21. The van der Waals surface area contributed by atoms with Crippen molar-refractivity contribution >= 4 is 17.3 Å². The number of fused-ring (bicyclic) bond motifs is 1. The van der Waals surface area contributed by atoms with Gasteiger partial charge in [-0.1, -0.05) is 17.7 Å². The van der Waals surface area contributed by atoms with E-state index in [0.29, 0.717) is 6.04 Å². The first-order valence-corrected chi connectivity index (χ1v) is 7.47. The molecule has 0 amide bonds. The van der Waals surface area contributed by atoms with Crippen LogP contribution in [0.3, 0.4) is 0 Å². The van der Waals surface area contributed by atoms with Gasteiger partial charge >= 0.3 is 0 Å². The molecule has 2 saturated heterocycles. The number of hydrogen-bond donors (Lipinski definition) is 2. The molecule has 2 unspecified atom stereocenters. The highest BCUT2D eigenvalue weighted by atomic mass is 35.5. The van der Waals surface area contributed by atoms with Crippen molar-refractivity contribution in [3.8, 4) is 0 Å². The van der Waals surface area contributed by atoms with Crippen molar-refractivity contribution in [3.05, 3.63) is 29.3 Å². The molecule has 1 aromatic carbocycles. The van der Waals surface area contributed by atoms with Gasteiger partial charge in [0.1, 0.15) is 0 Å². The largest absolute Gasteiger partial charge is 0.394 e. The van der Waals surface area contributed by atoms with Crippen LogP contribution in [-0.4, -0.2) is 41.3 Å². The lowest BCUT2D eigenvalue weighted by Crippen LogP contribution is -2.54. The smallest absolute Gasteiger partial charge is 0.0662 e. The van der Waals surface area contributed by atoms with Gasteiger partial charge in [0.25, 0.3) is 0 Å². The van der Waals surface area contributed by atoms with Gasteiger partial charge in [0, 0.05) is 23.3 Å². The second-order valence-electron chi connectivity index (χ2n) is 5.86. The van der Waals surface area contributed by atoms with Crippen molar-refractivity contribution in [1.82, 2.24) is 4.90 Å². The van der Waals surface area contributed by atoms with Gasteiger partial charge in [-0.15, -0.1) is 0 Å². The monoisotopic (exact) mass is 280 g/mol. The summed E-state index contributed by atoms with van der Waals surface area (Å²) >= 11 is 6.03. The molecular formula is C15H21ClN2O. The highest BCUT2D eigenvalue weighted by Gasteiger charge is 2.41. The Labute approximate surface area is 119 Å². The fraction of sp³-hybridized carbons (Fsp3) is 0.600. The Morgan fingerprint density at radius 3 is 3.11 bits per heavy atom. The van der Waals surface area contributed by atoms with Gasteiger partial charge in [-0.3, -0.25) is 0 Å². The van der Waals surface area contributed by atoms with Gasteiger partial charge in [0.2, 0.25) is 0 Å². The van der Waals surface area contributed by atoms with E-state index in [0.717, 1.165) is 30.1 Å². The van der Waals surface area contributed by atoms with Crippen molar-refractivity contribution in [2.24, 2.45) is 0 Å². The molecule has 3 rings (SSSR count). The molecule has 19 heavy (non-hydrogen) atoms. The molecule has 2 heterocycles. The average Bonchev–Trinajstić information content (AvgIpc) is 2.86. The molecule has 0 aromatic heterocycles. The molecule has 0 aliphatic carbocycles. The summed E-state index contributed by atoms with van der Waals surface area (Å²) in [5.74, 6) is 0. The quantitative estimate of drug-likeness (QED) is 0.894. The van der Waals surface area contributed by atoms with E-state index in [4.69, 9.17) is 11.6 Å². The summed E-state index contributed by atoms with van der Waals surface area (Å²) in [6, 6.07) is 8.40. The number of aliphatic hydroxyl groups is 1. The number of rotatable bonds is 3. The van der Waals surface area contributed by atoms with Gasteiger partial charge in [0.05, 0.1) is 12.1 Å². The van der Waals surface area contributed by atoms with E-state index in [9.17, 15) is 5.11 Å².